The Morgan fingerprint density at radius 1 is 1.33 bits per heavy atom. The summed E-state index contributed by atoms with van der Waals surface area (Å²) >= 11 is 1.93. The van der Waals surface area contributed by atoms with E-state index in [0.717, 1.165) is 19.8 Å². The lowest BCUT2D eigenvalue weighted by molar-refractivity contribution is -0.000627. The predicted octanol–water partition coefficient (Wildman–Crippen LogP) is 2.08. The van der Waals surface area contributed by atoms with Crippen LogP contribution in [0, 0.1) is 5.41 Å². The number of rotatable bonds is 8. The van der Waals surface area contributed by atoms with E-state index in [2.05, 4.69) is 37.4 Å². The van der Waals surface area contributed by atoms with Gasteiger partial charge >= 0.3 is 0 Å². The van der Waals surface area contributed by atoms with Crippen molar-refractivity contribution < 1.29 is 4.74 Å². The molecule has 0 atom stereocenters. The highest BCUT2D eigenvalue weighted by Gasteiger charge is 2.33. The molecule has 0 bridgehead atoms. The SMILES string of the molecule is CSCCN(C)CC1(CNC(C)C)CCOCC1. The largest absolute Gasteiger partial charge is 0.381 e. The van der Waals surface area contributed by atoms with Crippen LogP contribution in [0.5, 0.6) is 0 Å². The topological polar surface area (TPSA) is 24.5 Å². The average Bonchev–Trinajstić information content (AvgIpc) is 2.35. The molecule has 4 heteroatoms. The summed E-state index contributed by atoms with van der Waals surface area (Å²) in [6, 6.07) is 0.571. The smallest absolute Gasteiger partial charge is 0.0472 e. The van der Waals surface area contributed by atoms with Crippen molar-refractivity contribution in [2.75, 3.05) is 51.9 Å². The van der Waals surface area contributed by atoms with E-state index in [9.17, 15) is 0 Å². The van der Waals surface area contributed by atoms with Gasteiger partial charge in [0.15, 0.2) is 0 Å². The maximum absolute atomic E-state index is 5.54. The highest BCUT2D eigenvalue weighted by Crippen LogP contribution is 2.30. The molecule has 0 aromatic rings. The van der Waals surface area contributed by atoms with Gasteiger partial charge in [-0.25, -0.2) is 0 Å². The Labute approximate surface area is 117 Å². The fraction of sp³-hybridized carbons (Fsp3) is 1.00. The third-order valence-electron chi connectivity index (χ3n) is 3.72. The molecule has 0 amide bonds. The van der Waals surface area contributed by atoms with Crippen molar-refractivity contribution in [3.8, 4) is 0 Å². The minimum atomic E-state index is 0.412. The summed E-state index contributed by atoms with van der Waals surface area (Å²) in [5, 5.41) is 3.63. The zero-order valence-electron chi connectivity index (χ0n) is 12.5. The van der Waals surface area contributed by atoms with Crippen LogP contribution in [-0.2, 0) is 4.74 Å². The normalized spacial score (nSPS) is 19.7. The lowest BCUT2D eigenvalue weighted by Crippen LogP contribution is -2.48. The molecule has 0 aromatic heterocycles. The molecular weight excluding hydrogens is 244 g/mol. The number of nitrogens with one attached hydrogen (secondary N) is 1. The lowest BCUT2D eigenvalue weighted by atomic mass is 9.79. The Hall–Kier alpha value is 0.230. The molecule has 1 fully saturated rings. The van der Waals surface area contributed by atoms with Crippen molar-refractivity contribution in [2.45, 2.75) is 32.7 Å². The van der Waals surface area contributed by atoms with Crippen molar-refractivity contribution in [1.82, 2.24) is 10.2 Å². The quantitative estimate of drug-likeness (QED) is 0.732. The van der Waals surface area contributed by atoms with Gasteiger partial charge in [-0.05, 0) is 31.6 Å². The number of hydrogen-bond acceptors (Lipinski definition) is 4. The first-order valence-electron chi connectivity index (χ1n) is 7.07. The van der Waals surface area contributed by atoms with Crippen molar-refractivity contribution in [1.29, 1.82) is 0 Å². The van der Waals surface area contributed by atoms with Gasteiger partial charge in [0.1, 0.15) is 0 Å². The Morgan fingerprint density at radius 3 is 2.56 bits per heavy atom. The van der Waals surface area contributed by atoms with Crippen LogP contribution in [0.2, 0.25) is 0 Å². The van der Waals surface area contributed by atoms with Crippen molar-refractivity contribution in [3.05, 3.63) is 0 Å². The van der Waals surface area contributed by atoms with E-state index in [1.54, 1.807) is 0 Å². The molecule has 0 spiro atoms. The highest BCUT2D eigenvalue weighted by atomic mass is 32.2. The van der Waals surface area contributed by atoms with E-state index in [-0.39, 0.29) is 0 Å². The molecule has 0 unspecified atom stereocenters. The van der Waals surface area contributed by atoms with E-state index >= 15 is 0 Å². The van der Waals surface area contributed by atoms with Gasteiger partial charge in [-0.3, -0.25) is 0 Å². The van der Waals surface area contributed by atoms with E-state index in [1.807, 2.05) is 11.8 Å². The molecule has 0 aromatic carbocycles. The van der Waals surface area contributed by atoms with E-state index < -0.39 is 0 Å². The zero-order valence-corrected chi connectivity index (χ0v) is 13.3. The van der Waals surface area contributed by atoms with Gasteiger partial charge in [0, 0.05) is 44.6 Å². The van der Waals surface area contributed by atoms with Gasteiger partial charge in [-0.2, -0.15) is 11.8 Å². The second-order valence-electron chi connectivity index (χ2n) is 5.88. The van der Waals surface area contributed by atoms with Crippen LogP contribution in [-0.4, -0.2) is 62.8 Å². The van der Waals surface area contributed by atoms with Gasteiger partial charge in [0.25, 0.3) is 0 Å². The number of thioether (sulfide) groups is 1. The van der Waals surface area contributed by atoms with Crippen LogP contribution in [0.4, 0.5) is 0 Å². The maximum atomic E-state index is 5.54. The van der Waals surface area contributed by atoms with Gasteiger partial charge < -0.3 is 15.0 Å². The molecule has 0 saturated carbocycles. The summed E-state index contributed by atoms with van der Waals surface area (Å²) in [6.07, 6.45) is 4.56. The molecule has 1 heterocycles. The Balaban J connectivity index is 2.48. The summed E-state index contributed by atoms with van der Waals surface area (Å²) in [5.41, 5.74) is 0.412. The second kappa shape index (κ2) is 8.41. The molecule has 3 nitrogen and oxygen atoms in total. The molecule has 18 heavy (non-hydrogen) atoms. The van der Waals surface area contributed by atoms with Crippen LogP contribution < -0.4 is 5.32 Å². The highest BCUT2D eigenvalue weighted by molar-refractivity contribution is 7.98. The zero-order chi connectivity index (χ0) is 13.4. The Kier molecular flexibility index (Phi) is 7.61. The van der Waals surface area contributed by atoms with Crippen LogP contribution in [0.15, 0.2) is 0 Å². The first kappa shape index (κ1) is 16.3. The summed E-state index contributed by atoms with van der Waals surface area (Å²) in [7, 11) is 2.25. The van der Waals surface area contributed by atoms with Crippen LogP contribution in [0.1, 0.15) is 26.7 Å². The molecule has 1 saturated heterocycles. The van der Waals surface area contributed by atoms with Gasteiger partial charge in [-0.1, -0.05) is 13.8 Å². The molecule has 1 rings (SSSR count). The third kappa shape index (κ3) is 5.91. The first-order valence-corrected chi connectivity index (χ1v) is 8.46. The Bertz CT molecular complexity index is 218. The number of ether oxygens (including phenoxy) is 1. The fourth-order valence-electron chi connectivity index (χ4n) is 2.51. The molecule has 0 aliphatic carbocycles. The molecule has 1 aliphatic rings. The monoisotopic (exact) mass is 274 g/mol. The van der Waals surface area contributed by atoms with Crippen molar-refractivity contribution >= 4 is 11.8 Å². The minimum absolute atomic E-state index is 0.412. The van der Waals surface area contributed by atoms with E-state index in [0.29, 0.717) is 11.5 Å². The molecular formula is C14H30N2OS. The van der Waals surface area contributed by atoms with E-state index in [1.165, 1.54) is 31.7 Å². The van der Waals surface area contributed by atoms with Crippen LogP contribution in [0.3, 0.4) is 0 Å². The summed E-state index contributed by atoms with van der Waals surface area (Å²) in [6.45, 7) is 9.81. The third-order valence-corrected chi connectivity index (χ3v) is 4.31. The number of nitrogens with zero attached hydrogens (tertiary/aromatic N) is 1. The summed E-state index contributed by atoms with van der Waals surface area (Å²) in [5.74, 6) is 1.22. The van der Waals surface area contributed by atoms with Gasteiger partial charge in [-0.15, -0.1) is 0 Å². The average molecular weight is 274 g/mol. The second-order valence-corrected chi connectivity index (χ2v) is 6.86. The van der Waals surface area contributed by atoms with Gasteiger partial charge in [0.2, 0.25) is 0 Å². The van der Waals surface area contributed by atoms with Crippen LogP contribution >= 0.6 is 11.8 Å². The molecule has 1 aliphatic heterocycles. The van der Waals surface area contributed by atoms with Crippen molar-refractivity contribution in [3.63, 3.8) is 0 Å². The van der Waals surface area contributed by atoms with Gasteiger partial charge in [0.05, 0.1) is 0 Å². The van der Waals surface area contributed by atoms with Crippen molar-refractivity contribution in [2.24, 2.45) is 5.41 Å². The maximum Gasteiger partial charge on any atom is 0.0472 e. The first-order chi connectivity index (χ1) is 8.58. The fourth-order valence-corrected chi connectivity index (χ4v) is 3.01. The van der Waals surface area contributed by atoms with E-state index in [4.69, 9.17) is 4.74 Å². The predicted molar refractivity (Wildman–Crippen MR) is 81.5 cm³/mol. The summed E-state index contributed by atoms with van der Waals surface area (Å²) in [4.78, 5) is 2.49. The standard InChI is InChI=1S/C14H30N2OS/c1-13(2)15-11-14(5-8-17-9-6-14)12-16(3)7-10-18-4/h13,15H,5-12H2,1-4H3. The molecule has 0 radical (unpaired) electrons. The summed E-state index contributed by atoms with van der Waals surface area (Å²) < 4.78 is 5.54. The molecule has 108 valence electrons. The lowest BCUT2D eigenvalue weighted by Gasteiger charge is -2.40. The van der Waals surface area contributed by atoms with Crippen LogP contribution in [0.25, 0.3) is 0 Å². The minimum Gasteiger partial charge on any atom is -0.381 e. The Morgan fingerprint density at radius 2 is 2.00 bits per heavy atom. The number of hydrogen-bond donors (Lipinski definition) is 1. The molecule has 1 N–H and O–H groups in total.